The van der Waals surface area contributed by atoms with Gasteiger partial charge >= 0.3 is 0 Å². The van der Waals surface area contributed by atoms with Gasteiger partial charge in [-0.05, 0) is 43.6 Å². The predicted molar refractivity (Wildman–Crippen MR) is 69.1 cm³/mol. The van der Waals surface area contributed by atoms with Crippen LogP contribution in [0.2, 0.25) is 10.0 Å². The van der Waals surface area contributed by atoms with Crippen LogP contribution >= 0.6 is 23.2 Å². The standard InChI is InChI=1S/C12H16Cl2N2/c13-9-3-4-10(11(14)7-9)12(8-15)16-5-1-2-6-16/h3-4,7,12H,1-2,5-6,8,15H2/t12-/m0/s1. The van der Waals surface area contributed by atoms with E-state index in [9.17, 15) is 0 Å². The van der Waals surface area contributed by atoms with Gasteiger partial charge in [0.05, 0.1) is 0 Å². The largest absolute Gasteiger partial charge is 0.329 e. The van der Waals surface area contributed by atoms with Gasteiger partial charge in [-0.15, -0.1) is 0 Å². The van der Waals surface area contributed by atoms with Gasteiger partial charge in [-0.2, -0.15) is 0 Å². The Kier molecular flexibility index (Phi) is 4.09. The highest BCUT2D eigenvalue weighted by Gasteiger charge is 2.23. The molecule has 0 bridgehead atoms. The van der Waals surface area contributed by atoms with Crippen LogP contribution in [0.3, 0.4) is 0 Å². The molecule has 1 aromatic rings. The van der Waals surface area contributed by atoms with Gasteiger partial charge in [-0.3, -0.25) is 4.90 Å². The molecular formula is C12H16Cl2N2. The van der Waals surface area contributed by atoms with Crippen LogP contribution in [0.1, 0.15) is 24.4 Å². The van der Waals surface area contributed by atoms with E-state index in [2.05, 4.69) is 4.90 Å². The molecule has 1 heterocycles. The second kappa shape index (κ2) is 5.37. The molecule has 1 fully saturated rings. The van der Waals surface area contributed by atoms with Crippen LogP contribution in [0.5, 0.6) is 0 Å². The highest BCUT2D eigenvalue weighted by molar-refractivity contribution is 6.35. The van der Waals surface area contributed by atoms with Crippen molar-refractivity contribution >= 4 is 23.2 Å². The van der Waals surface area contributed by atoms with Gasteiger partial charge in [0.1, 0.15) is 0 Å². The number of likely N-dealkylation sites (tertiary alicyclic amines) is 1. The van der Waals surface area contributed by atoms with Crippen molar-refractivity contribution in [2.24, 2.45) is 5.73 Å². The summed E-state index contributed by atoms with van der Waals surface area (Å²) >= 11 is 12.1. The molecular weight excluding hydrogens is 243 g/mol. The van der Waals surface area contributed by atoms with E-state index in [1.54, 1.807) is 6.07 Å². The zero-order valence-electron chi connectivity index (χ0n) is 9.13. The molecule has 2 nitrogen and oxygen atoms in total. The average molecular weight is 259 g/mol. The van der Waals surface area contributed by atoms with Crippen LogP contribution < -0.4 is 5.73 Å². The first kappa shape index (κ1) is 12.2. The molecule has 1 atom stereocenters. The van der Waals surface area contributed by atoms with Crippen molar-refractivity contribution in [3.63, 3.8) is 0 Å². The van der Waals surface area contributed by atoms with Crippen molar-refractivity contribution in [1.29, 1.82) is 0 Å². The molecule has 1 aliphatic rings. The van der Waals surface area contributed by atoms with E-state index in [1.165, 1.54) is 12.8 Å². The van der Waals surface area contributed by atoms with Gasteiger partial charge in [0.2, 0.25) is 0 Å². The Bertz CT molecular complexity index is 362. The number of rotatable bonds is 3. The molecule has 0 radical (unpaired) electrons. The Labute approximate surface area is 106 Å². The minimum Gasteiger partial charge on any atom is -0.329 e. The lowest BCUT2D eigenvalue weighted by Crippen LogP contribution is -2.31. The minimum absolute atomic E-state index is 0.229. The summed E-state index contributed by atoms with van der Waals surface area (Å²) in [6.07, 6.45) is 2.50. The maximum atomic E-state index is 6.21. The average Bonchev–Trinajstić information content (AvgIpc) is 2.75. The third kappa shape index (κ3) is 2.51. The summed E-state index contributed by atoms with van der Waals surface area (Å²) < 4.78 is 0. The first-order valence-corrected chi connectivity index (χ1v) is 6.37. The molecule has 1 aromatic carbocycles. The van der Waals surface area contributed by atoms with Crippen LogP contribution in [0.4, 0.5) is 0 Å². The molecule has 1 saturated heterocycles. The predicted octanol–water partition coefficient (Wildman–Crippen LogP) is 3.09. The van der Waals surface area contributed by atoms with E-state index >= 15 is 0 Å². The monoisotopic (exact) mass is 258 g/mol. The zero-order valence-corrected chi connectivity index (χ0v) is 10.6. The van der Waals surface area contributed by atoms with Crippen LogP contribution in [0.15, 0.2) is 18.2 Å². The number of benzene rings is 1. The molecule has 0 aliphatic carbocycles. The van der Waals surface area contributed by atoms with E-state index in [0.717, 1.165) is 23.7 Å². The minimum atomic E-state index is 0.229. The number of halogens is 2. The molecule has 0 amide bonds. The summed E-state index contributed by atoms with van der Waals surface area (Å²) in [5.41, 5.74) is 6.95. The Morgan fingerprint density at radius 3 is 2.50 bits per heavy atom. The first-order chi connectivity index (χ1) is 7.72. The van der Waals surface area contributed by atoms with Gasteiger partial charge < -0.3 is 5.73 Å². The molecule has 88 valence electrons. The molecule has 1 aliphatic heterocycles. The molecule has 0 unspecified atom stereocenters. The van der Waals surface area contributed by atoms with Crippen molar-refractivity contribution in [2.45, 2.75) is 18.9 Å². The summed E-state index contributed by atoms with van der Waals surface area (Å²) in [6.45, 7) is 2.82. The summed E-state index contributed by atoms with van der Waals surface area (Å²) in [6, 6.07) is 5.88. The van der Waals surface area contributed by atoms with E-state index in [-0.39, 0.29) is 6.04 Å². The molecule has 2 N–H and O–H groups in total. The summed E-state index contributed by atoms with van der Waals surface area (Å²) in [4.78, 5) is 2.40. The Morgan fingerprint density at radius 1 is 1.25 bits per heavy atom. The Balaban J connectivity index is 2.25. The second-order valence-electron chi connectivity index (χ2n) is 4.16. The van der Waals surface area contributed by atoms with Crippen molar-refractivity contribution in [3.8, 4) is 0 Å². The van der Waals surface area contributed by atoms with E-state index in [0.29, 0.717) is 11.6 Å². The smallest absolute Gasteiger partial charge is 0.0485 e. The molecule has 4 heteroatoms. The summed E-state index contributed by atoms with van der Waals surface area (Å²) in [5, 5.41) is 1.39. The highest BCUT2D eigenvalue weighted by atomic mass is 35.5. The molecule has 16 heavy (non-hydrogen) atoms. The normalized spacial score (nSPS) is 18.9. The molecule has 0 saturated carbocycles. The van der Waals surface area contributed by atoms with Gasteiger partial charge in [0, 0.05) is 22.6 Å². The third-order valence-corrected chi connectivity index (χ3v) is 3.69. The molecule has 0 spiro atoms. The number of hydrogen-bond donors (Lipinski definition) is 1. The van der Waals surface area contributed by atoms with Gasteiger partial charge in [-0.25, -0.2) is 0 Å². The number of hydrogen-bond acceptors (Lipinski definition) is 2. The molecule has 2 rings (SSSR count). The van der Waals surface area contributed by atoms with Crippen LogP contribution in [-0.2, 0) is 0 Å². The van der Waals surface area contributed by atoms with Crippen LogP contribution in [0, 0.1) is 0 Å². The maximum Gasteiger partial charge on any atom is 0.0485 e. The fraction of sp³-hybridized carbons (Fsp3) is 0.500. The number of nitrogens with zero attached hydrogens (tertiary/aromatic N) is 1. The van der Waals surface area contributed by atoms with Crippen LogP contribution in [0.25, 0.3) is 0 Å². The van der Waals surface area contributed by atoms with Gasteiger partial charge in [-0.1, -0.05) is 29.3 Å². The Hall–Kier alpha value is -0.280. The number of nitrogens with two attached hydrogens (primary N) is 1. The zero-order chi connectivity index (χ0) is 11.5. The first-order valence-electron chi connectivity index (χ1n) is 5.61. The van der Waals surface area contributed by atoms with Crippen molar-refractivity contribution < 1.29 is 0 Å². The molecule has 0 aromatic heterocycles. The lowest BCUT2D eigenvalue weighted by atomic mass is 10.1. The Morgan fingerprint density at radius 2 is 1.94 bits per heavy atom. The van der Waals surface area contributed by atoms with Crippen molar-refractivity contribution in [3.05, 3.63) is 33.8 Å². The van der Waals surface area contributed by atoms with Gasteiger partial charge in [0.15, 0.2) is 0 Å². The lowest BCUT2D eigenvalue weighted by Gasteiger charge is -2.27. The topological polar surface area (TPSA) is 29.3 Å². The van der Waals surface area contributed by atoms with Gasteiger partial charge in [0.25, 0.3) is 0 Å². The fourth-order valence-corrected chi connectivity index (χ4v) is 2.83. The van der Waals surface area contributed by atoms with E-state index in [4.69, 9.17) is 28.9 Å². The second-order valence-corrected chi connectivity index (χ2v) is 5.00. The third-order valence-electron chi connectivity index (χ3n) is 3.13. The van der Waals surface area contributed by atoms with Crippen molar-refractivity contribution in [1.82, 2.24) is 4.90 Å². The van der Waals surface area contributed by atoms with Crippen LogP contribution in [-0.4, -0.2) is 24.5 Å². The quantitative estimate of drug-likeness (QED) is 0.903. The fourth-order valence-electron chi connectivity index (χ4n) is 2.30. The van der Waals surface area contributed by atoms with E-state index < -0.39 is 0 Å². The highest BCUT2D eigenvalue weighted by Crippen LogP contribution is 2.31. The maximum absolute atomic E-state index is 6.21. The van der Waals surface area contributed by atoms with E-state index in [1.807, 2.05) is 12.1 Å². The summed E-state index contributed by atoms with van der Waals surface area (Å²) in [7, 11) is 0. The van der Waals surface area contributed by atoms with Crippen molar-refractivity contribution in [2.75, 3.05) is 19.6 Å². The SMILES string of the molecule is NC[C@@H](c1ccc(Cl)cc1Cl)N1CCCC1. The summed E-state index contributed by atoms with van der Waals surface area (Å²) in [5.74, 6) is 0. The lowest BCUT2D eigenvalue weighted by molar-refractivity contribution is 0.251.